The van der Waals surface area contributed by atoms with E-state index in [1.807, 2.05) is 37.4 Å². The van der Waals surface area contributed by atoms with Gasteiger partial charge in [0.25, 0.3) is 5.91 Å². The van der Waals surface area contributed by atoms with Crippen molar-refractivity contribution in [2.24, 2.45) is 7.05 Å². The van der Waals surface area contributed by atoms with Gasteiger partial charge in [0.1, 0.15) is 24.2 Å². The number of hydrogen-bond donors (Lipinski definition) is 2. The predicted octanol–water partition coefficient (Wildman–Crippen LogP) is 5.77. The van der Waals surface area contributed by atoms with E-state index >= 15 is 0 Å². The predicted molar refractivity (Wildman–Crippen MR) is 165 cm³/mol. The smallest absolute Gasteiger partial charge is 0.257 e. The molecule has 0 unspecified atom stereocenters. The second-order valence-corrected chi connectivity index (χ2v) is 11.8. The molecule has 3 heterocycles. The highest BCUT2D eigenvalue weighted by molar-refractivity contribution is 6.31. The van der Waals surface area contributed by atoms with E-state index in [9.17, 15) is 9.59 Å². The summed E-state index contributed by atoms with van der Waals surface area (Å²) >= 11 is 6.64. The summed E-state index contributed by atoms with van der Waals surface area (Å²) in [5.74, 6) is -0.188. The maximum atomic E-state index is 13.7. The third-order valence-corrected chi connectivity index (χ3v) is 7.44. The lowest BCUT2D eigenvalue weighted by Gasteiger charge is -2.20. The molecule has 0 aliphatic heterocycles. The molecule has 0 spiro atoms. The summed E-state index contributed by atoms with van der Waals surface area (Å²) in [7, 11) is 1.86. The van der Waals surface area contributed by atoms with E-state index in [1.165, 1.54) is 6.26 Å². The number of carbonyl (C=O) groups excluding carboxylic acids is 2. The minimum atomic E-state index is -0.962. The van der Waals surface area contributed by atoms with Gasteiger partial charge in [-0.15, -0.1) is 10.2 Å². The van der Waals surface area contributed by atoms with Crippen molar-refractivity contribution in [1.82, 2.24) is 30.2 Å². The van der Waals surface area contributed by atoms with Gasteiger partial charge in [-0.1, -0.05) is 43.6 Å². The zero-order valence-corrected chi connectivity index (χ0v) is 25.3. The number of nitrogens with one attached hydrogen (secondary N) is 2. The molecule has 0 saturated carbocycles. The summed E-state index contributed by atoms with van der Waals surface area (Å²) < 4.78 is 6.75. The van der Waals surface area contributed by atoms with Crippen molar-refractivity contribution >= 4 is 29.1 Å². The fourth-order valence-corrected chi connectivity index (χ4v) is 4.78. The number of nitrogens with zero attached hydrogens (tertiary/aromatic N) is 5. The Morgan fingerprint density at radius 1 is 1.02 bits per heavy atom. The van der Waals surface area contributed by atoms with Crippen LogP contribution in [0.15, 0.2) is 77.9 Å². The van der Waals surface area contributed by atoms with Gasteiger partial charge in [0.15, 0.2) is 5.82 Å². The Labute approximate surface area is 254 Å². The Morgan fingerprint density at radius 2 is 1.74 bits per heavy atom. The van der Waals surface area contributed by atoms with E-state index in [0.29, 0.717) is 27.8 Å². The van der Waals surface area contributed by atoms with Crippen molar-refractivity contribution in [2.45, 2.75) is 45.6 Å². The average Bonchev–Trinajstić information content (AvgIpc) is 3.61. The van der Waals surface area contributed by atoms with Gasteiger partial charge in [-0.3, -0.25) is 14.6 Å². The molecule has 0 aliphatic rings. The maximum Gasteiger partial charge on any atom is 0.257 e. The second-order valence-electron chi connectivity index (χ2n) is 11.4. The number of rotatable bonds is 8. The molecule has 220 valence electrons. The van der Waals surface area contributed by atoms with Crippen LogP contribution in [0.5, 0.6) is 0 Å². The Kier molecular flexibility index (Phi) is 8.40. The molecule has 43 heavy (non-hydrogen) atoms. The van der Waals surface area contributed by atoms with Crippen LogP contribution in [0.25, 0.3) is 22.5 Å². The lowest BCUT2D eigenvalue weighted by atomic mass is 9.89. The molecule has 10 nitrogen and oxygen atoms in total. The molecule has 5 rings (SSSR count). The van der Waals surface area contributed by atoms with Crippen LogP contribution >= 0.6 is 11.6 Å². The van der Waals surface area contributed by atoms with Gasteiger partial charge in [-0.05, 0) is 72.1 Å². The molecular formula is C32H32ClN7O3. The van der Waals surface area contributed by atoms with Crippen LogP contribution in [-0.4, -0.2) is 42.8 Å². The summed E-state index contributed by atoms with van der Waals surface area (Å²) in [6.07, 6.45) is 4.81. The first-order valence-corrected chi connectivity index (χ1v) is 14.1. The number of anilines is 1. The van der Waals surface area contributed by atoms with E-state index in [0.717, 1.165) is 22.4 Å². The van der Waals surface area contributed by atoms with Crippen LogP contribution in [0.4, 0.5) is 5.69 Å². The number of hydrogen-bond acceptors (Lipinski definition) is 7. The fourth-order valence-electron chi connectivity index (χ4n) is 4.58. The Morgan fingerprint density at radius 3 is 2.40 bits per heavy atom. The zero-order chi connectivity index (χ0) is 30.7. The molecule has 11 heteroatoms. The van der Waals surface area contributed by atoms with Crippen molar-refractivity contribution in [3.63, 3.8) is 0 Å². The number of halogens is 1. The molecule has 0 saturated heterocycles. The molecular weight excluding hydrogens is 566 g/mol. The number of benzene rings is 2. The highest BCUT2D eigenvalue weighted by atomic mass is 35.5. The van der Waals surface area contributed by atoms with Gasteiger partial charge in [0, 0.05) is 47.0 Å². The van der Waals surface area contributed by atoms with Crippen LogP contribution in [-0.2, 0) is 23.7 Å². The maximum absolute atomic E-state index is 13.7. The first-order valence-electron chi connectivity index (χ1n) is 13.7. The van der Waals surface area contributed by atoms with Crippen LogP contribution < -0.4 is 10.6 Å². The fraction of sp³-hybridized carbons (Fsp3) is 0.250. The van der Waals surface area contributed by atoms with Gasteiger partial charge in [0.2, 0.25) is 5.91 Å². The summed E-state index contributed by atoms with van der Waals surface area (Å²) in [5.41, 5.74) is 5.51. The van der Waals surface area contributed by atoms with Gasteiger partial charge in [-0.25, -0.2) is 0 Å². The van der Waals surface area contributed by atoms with Crippen LogP contribution in [0.3, 0.4) is 0 Å². The van der Waals surface area contributed by atoms with Crippen molar-refractivity contribution < 1.29 is 14.1 Å². The lowest BCUT2D eigenvalue weighted by Crippen LogP contribution is -2.45. The van der Waals surface area contributed by atoms with Crippen molar-refractivity contribution in [3.8, 4) is 22.5 Å². The lowest BCUT2D eigenvalue weighted by molar-refractivity contribution is -0.118. The molecule has 2 N–H and O–H groups in total. The standard InChI is InChI=1S/C32H32ClN7O3/c1-19-25(17-43-39-19)30(41)37-27(31(42)36-24-9-6-20(7-10-24)29-38-35-18-40(29)5)15-23-14-21(8-11-26(23)33)22-12-13-34-28(16-22)32(2,3)4/h6-14,16-18,27H,15H2,1-5H3,(H,36,42)(H,37,41)/t27-/m0/s1. The van der Waals surface area contributed by atoms with E-state index in [-0.39, 0.29) is 17.4 Å². The monoisotopic (exact) mass is 597 g/mol. The zero-order valence-electron chi connectivity index (χ0n) is 24.6. The molecule has 0 radical (unpaired) electrons. The van der Waals surface area contributed by atoms with E-state index < -0.39 is 17.9 Å². The molecule has 2 amide bonds. The van der Waals surface area contributed by atoms with Crippen LogP contribution in [0.2, 0.25) is 5.02 Å². The molecule has 2 aromatic carbocycles. The van der Waals surface area contributed by atoms with Crippen molar-refractivity contribution in [2.75, 3.05) is 5.32 Å². The largest absolute Gasteiger partial charge is 0.364 e. The first kappa shape index (κ1) is 29.7. The Balaban J connectivity index is 1.42. The van der Waals surface area contributed by atoms with E-state index in [1.54, 1.807) is 42.2 Å². The van der Waals surface area contributed by atoms with Gasteiger partial charge >= 0.3 is 0 Å². The Hall–Kier alpha value is -4.83. The van der Waals surface area contributed by atoms with Crippen LogP contribution in [0, 0.1) is 6.92 Å². The Bertz CT molecular complexity index is 1770. The highest BCUT2D eigenvalue weighted by Gasteiger charge is 2.25. The molecule has 3 aromatic heterocycles. The van der Waals surface area contributed by atoms with Gasteiger partial charge in [0.05, 0.1) is 5.69 Å². The van der Waals surface area contributed by atoms with Crippen LogP contribution in [0.1, 0.15) is 48.1 Å². The highest BCUT2D eigenvalue weighted by Crippen LogP contribution is 2.29. The minimum absolute atomic E-state index is 0.120. The average molecular weight is 598 g/mol. The molecule has 0 fully saturated rings. The van der Waals surface area contributed by atoms with Crippen molar-refractivity contribution in [1.29, 1.82) is 0 Å². The summed E-state index contributed by atoms with van der Waals surface area (Å²) in [6, 6.07) is 15.9. The summed E-state index contributed by atoms with van der Waals surface area (Å²) in [5, 5.41) is 18.1. The number of aryl methyl sites for hydroxylation is 2. The topological polar surface area (TPSA) is 128 Å². The third-order valence-electron chi connectivity index (χ3n) is 7.07. The van der Waals surface area contributed by atoms with E-state index in [2.05, 4.69) is 57.8 Å². The molecule has 0 bridgehead atoms. The number of carbonyl (C=O) groups is 2. The number of aromatic nitrogens is 5. The number of amides is 2. The SMILES string of the molecule is Cc1nocc1C(=O)N[C@@H](Cc1cc(-c2ccnc(C(C)(C)C)c2)ccc1Cl)C(=O)Nc1ccc(-c2nncn2C)cc1. The molecule has 5 aromatic rings. The third kappa shape index (κ3) is 6.81. The normalized spacial score (nSPS) is 12.1. The molecule has 0 aliphatic carbocycles. The van der Waals surface area contributed by atoms with Gasteiger partial charge in [-0.2, -0.15) is 0 Å². The van der Waals surface area contributed by atoms with Gasteiger partial charge < -0.3 is 19.7 Å². The summed E-state index contributed by atoms with van der Waals surface area (Å²) in [4.78, 5) is 31.3. The van der Waals surface area contributed by atoms with Crippen molar-refractivity contribution in [3.05, 3.63) is 101 Å². The molecule has 1 atom stereocenters. The second kappa shape index (κ2) is 12.2. The number of pyridine rings is 1. The van der Waals surface area contributed by atoms with E-state index in [4.69, 9.17) is 16.1 Å². The first-order chi connectivity index (χ1) is 20.5. The minimum Gasteiger partial charge on any atom is -0.364 e. The summed E-state index contributed by atoms with van der Waals surface area (Å²) in [6.45, 7) is 7.99. The quantitative estimate of drug-likeness (QED) is 0.232.